The molecule has 0 saturated heterocycles. The number of nitrogens with zero attached hydrogens (tertiary/aromatic N) is 1. The zero-order valence-corrected chi connectivity index (χ0v) is 4.33. The molecular weight excluding hydrogens is 98.1 g/mol. The van der Waals surface area contributed by atoms with Crippen molar-refractivity contribution in [3.8, 4) is 0 Å². The van der Waals surface area contributed by atoms with Gasteiger partial charge in [0.25, 0.3) is 0 Å². The lowest BCUT2D eigenvalue weighted by Gasteiger charge is -1.84. The van der Waals surface area contributed by atoms with E-state index in [1.165, 1.54) is 6.08 Å². The van der Waals surface area contributed by atoms with E-state index in [0.29, 0.717) is 0 Å². The summed E-state index contributed by atoms with van der Waals surface area (Å²) in [6.45, 7) is -0.189. The van der Waals surface area contributed by atoms with E-state index in [1.54, 1.807) is 24.5 Å². The van der Waals surface area contributed by atoms with Crippen LogP contribution in [0.25, 0.3) is 6.08 Å². The molecule has 0 N–H and O–H groups in total. The summed E-state index contributed by atoms with van der Waals surface area (Å²) < 4.78 is 13.6. The molecule has 0 radical (unpaired) electrons. The van der Waals surface area contributed by atoms with Gasteiger partial charge < -0.3 is 0 Å². The van der Waals surface area contributed by atoms with E-state index < -0.39 is 0 Å². The van der Waals surface area contributed by atoms with Crippen molar-refractivity contribution in [1.82, 2.24) is 4.98 Å². The van der Waals surface area contributed by atoms with Crippen molar-refractivity contribution in [1.29, 1.82) is 0 Å². The van der Waals surface area contributed by atoms with Crippen molar-refractivity contribution in [2.75, 3.05) is 0 Å². The van der Waals surface area contributed by atoms with Gasteiger partial charge in [0.2, 0.25) is 0 Å². The van der Waals surface area contributed by atoms with Crippen LogP contribution in [-0.4, -0.2) is 4.98 Å². The van der Waals surface area contributed by atoms with Gasteiger partial charge in [0, 0.05) is 12.4 Å². The van der Waals surface area contributed by atoms with Gasteiger partial charge in [0.1, 0.15) is 0 Å². The maximum Gasteiger partial charge on any atom is 0.0538 e. The number of hydrogen-bond acceptors (Lipinski definition) is 1. The molecular formula is C7H7N. The van der Waals surface area contributed by atoms with E-state index >= 15 is 0 Å². The summed E-state index contributed by atoms with van der Waals surface area (Å²) in [5.74, 6) is 0. The van der Waals surface area contributed by atoms with Crippen molar-refractivity contribution in [2.45, 2.75) is 0 Å². The summed E-state index contributed by atoms with van der Waals surface area (Å²) in [6, 6.07) is 3.51. The van der Waals surface area contributed by atoms with Crippen LogP contribution in [0.15, 0.2) is 31.1 Å². The largest absolute Gasteiger partial charge is 0.265 e. The molecule has 1 aromatic rings. The van der Waals surface area contributed by atoms with E-state index in [4.69, 9.17) is 2.74 Å². The van der Waals surface area contributed by atoms with Crippen LogP contribution >= 0.6 is 0 Å². The van der Waals surface area contributed by atoms with Crippen LogP contribution in [0.3, 0.4) is 0 Å². The van der Waals surface area contributed by atoms with Crippen LogP contribution in [0, 0.1) is 0 Å². The Hall–Kier alpha value is -1.11. The van der Waals surface area contributed by atoms with E-state index in [-0.39, 0.29) is 6.53 Å². The Bertz CT molecular complexity index is 227. The minimum atomic E-state index is -0.189. The number of rotatable bonds is 1. The lowest BCUT2D eigenvalue weighted by atomic mass is 10.3. The van der Waals surface area contributed by atoms with Crippen LogP contribution in [0.1, 0.15) is 8.30 Å². The zero-order valence-electron chi connectivity index (χ0n) is 6.33. The normalized spacial score (nSPS) is 11.5. The second-order valence-electron chi connectivity index (χ2n) is 1.42. The van der Waals surface area contributed by atoms with E-state index in [1.807, 2.05) is 0 Å². The van der Waals surface area contributed by atoms with Gasteiger partial charge in [-0.3, -0.25) is 4.98 Å². The fourth-order valence-electron chi connectivity index (χ4n) is 0.460. The van der Waals surface area contributed by atoms with Gasteiger partial charge in [0.05, 0.1) is 2.74 Å². The average molecular weight is 107 g/mol. The molecule has 0 spiro atoms. The predicted molar refractivity (Wildman–Crippen MR) is 34.3 cm³/mol. The maximum absolute atomic E-state index is 6.82. The van der Waals surface area contributed by atoms with E-state index in [9.17, 15) is 0 Å². The van der Waals surface area contributed by atoms with Crippen LogP contribution in [0.2, 0.25) is 0 Å². The topological polar surface area (TPSA) is 12.9 Å². The lowest BCUT2D eigenvalue weighted by molar-refractivity contribution is 1.32. The smallest absolute Gasteiger partial charge is 0.0538 e. The molecule has 0 aliphatic carbocycles. The molecule has 0 atom stereocenters. The van der Waals surface area contributed by atoms with Gasteiger partial charge in [-0.25, -0.2) is 0 Å². The molecule has 40 valence electrons. The van der Waals surface area contributed by atoms with Crippen LogP contribution in [-0.2, 0) is 0 Å². The molecule has 0 aromatic carbocycles. The average Bonchev–Trinajstić information content (AvgIpc) is 1.88. The molecule has 8 heavy (non-hydrogen) atoms. The number of pyridine rings is 1. The predicted octanol–water partition coefficient (Wildman–Crippen LogP) is 1.72. The van der Waals surface area contributed by atoms with Gasteiger partial charge in [-0.05, 0) is 17.7 Å². The van der Waals surface area contributed by atoms with Gasteiger partial charge in [-0.1, -0.05) is 12.6 Å². The molecule has 1 heteroatoms. The fourth-order valence-corrected chi connectivity index (χ4v) is 0.460. The molecule has 0 aliphatic heterocycles. The summed E-state index contributed by atoms with van der Waals surface area (Å²) in [4.78, 5) is 3.80. The third-order valence-corrected chi connectivity index (χ3v) is 0.873. The summed E-state index contributed by atoms with van der Waals surface area (Å²) in [6.07, 6.45) is 4.73. The molecule has 1 heterocycles. The first-order chi connectivity index (χ1) is 4.79. The molecule has 0 fully saturated rings. The fraction of sp³-hybridized carbons (Fsp3) is 0. The van der Waals surface area contributed by atoms with Crippen molar-refractivity contribution in [2.24, 2.45) is 0 Å². The highest BCUT2D eigenvalue weighted by atomic mass is 14.6. The molecule has 0 amide bonds. The summed E-state index contributed by atoms with van der Waals surface area (Å²) in [5.41, 5.74) is 0.843. The Morgan fingerprint density at radius 2 is 2.38 bits per heavy atom. The Morgan fingerprint density at radius 3 is 3.00 bits per heavy atom. The van der Waals surface area contributed by atoms with Gasteiger partial charge in [-0.2, -0.15) is 0 Å². The second kappa shape index (κ2) is 2.26. The van der Waals surface area contributed by atoms with Gasteiger partial charge in [-0.15, -0.1) is 0 Å². The first-order valence-corrected chi connectivity index (χ1v) is 2.34. The molecule has 0 aliphatic rings. The molecule has 1 rings (SSSR count). The Balaban J connectivity index is 2.87. The second-order valence-corrected chi connectivity index (χ2v) is 1.42. The highest BCUT2D eigenvalue weighted by molar-refractivity contribution is 5.44. The van der Waals surface area contributed by atoms with Crippen LogP contribution < -0.4 is 0 Å². The minimum Gasteiger partial charge on any atom is -0.265 e. The van der Waals surface area contributed by atoms with E-state index in [0.717, 1.165) is 5.56 Å². The molecule has 0 unspecified atom stereocenters. The van der Waals surface area contributed by atoms with E-state index in [2.05, 4.69) is 4.98 Å². The highest BCUT2D eigenvalue weighted by Gasteiger charge is 1.76. The lowest BCUT2D eigenvalue weighted by Crippen LogP contribution is -1.69. The molecule has 0 saturated carbocycles. The molecule has 0 bridgehead atoms. The first-order valence-electron chi connectivity index (χ1n) is 3.34. The Labute approximate surface area is 51.5 Å². The van der Waals surface area contributed by atoms with Crippen molar-refractivity contribution in [3.63, 3.8) is 0 Å². The highest BCUT2D eigenvalue weighted by Crippen LogP contribution is 1.94. The zero-order chi connectivity index (χ0) is 7.40. The quantitative estimate of drug-likeness (QED) is 0.532. The van der Waals surface area contributed by atoms with Gasteiger partial charge in [0.15, 0.2) is 0 Å². The van der Waals surface area contributed by atoms with Crippen molar-refractivity contribution >= 4 is 6.08 Å². The van der Waals surface area contributed by atoms with Crippen molar-refractivity contribution < 1.29 is 2.74 Å². The van der Waals surface area contributed by atoms with Crippen LogP contribution in [0.4, 0.5) is 0 Å². The number of hydrogen-bond donors (Lipinski definition) is 0. The monoisotopic (exact) mass is 107 g/mol. The summed E-state index contributed by atoms with van der Waals surface area (Å²) in [7, 11) is 0. The summed E-state index contributed by atoms with van der Waals surface area (Å²) in [5, 5.41) is 0. The van der Waals surface area contributed by atoms with Crippen molar-refractivity contribution in [3.05, 3.63) is 36.6 Å². The molecule has 1 aromatic heterocycles. The Kier molecular flexibility index (Phi) is 0.855. The maximum atomic E-state index is 6.82. The minimum absolute atomic E-state index is 0.189. The first kappa shape index (κ1) is 3.02. The third kappa shape index (κ3) is 0.936. The van der Waals surface area contributed by atoms with Crippen LogP contribution in [0.5, 0.6) is 0 Å². The third-order valence-electron chi connectivity index (χ3n) is 0.873. The standard InChI is InChI=1S/C7H7N/c1-2-7-3-5-8-6-4-7/h2-6H,1H2/i1D2. The SMILES string of the molecule is [2H]C([2H])=Cc1ccncc1. The summed E-state index contributed by atoms with van der Waals surface area (Å²) >= 11 is 0. The molecule has 1 nitrogen and oxygen atoms in total. The van der Waals surface area contributed by atoms with Gasteiger partial charge >= 0.3 is 0 Å². The Morgan fingerprint density at radius 1 is 1.62 bits per heavy atom. The number of aromatic nitrogens is 1.